The smallest absolute Gasteiger partial charge is 0.126 e. The van der Waals surface area contributed by atoms with Crippen LogP contribution in [0.3, 0.4) is 0 Å². The van der Waals surface area contributed by atoms with Crippen LogP contribution in [0.2, 0.25) is 0 Å². The van der Waals surface area contributed by atoms with Crippen molar-refractivity contribution < 1.29 is 13.9 Å². The van der Waals surface area contributed by atoms with E-state index in [0.717, 1.165) is 31.0 Å². The third-order valence-corrected chi connectivity index (χ3v) is 3.03. The Hall–Kier alpha value is -1.74. The first kappa shape index (κ1) is 13.7. The average molecular weight is 262 g/mol. The summed E-state index contributed by atoms with van der Waals surface area (Å²) in [7, 11) is 0. The molecule has 19 heavy (non-hydrogen) atoms. The molecule has 2 rings (SSSR count). The zero-order chi connectivity index (χ0) is 13.8. The summed E-state index contributed by atoms with van der Waals surface area (Å²) in [5, 5.41) is 10.1. The van der Waals surface area contributed by atoms with E-state index in [2.05, 4.69) is 6.92 Å². The topological polar surface area (TPSA) is 20.2 Å². The lowest BCUT2D eigenvalue weighted by molar-refractivity contribution is 0.219. The van der Waals surface area contributed by atoms with Crippen molar-refractivity contribution in [2.24, 2.45) is 0 Å². The van der Waals surface area contributed by atoms with Crippen molar-refractivity contribution in [3.8, 4) is 0 Å². The molecule has 2 aromatic rings. The van der Waals surface area contributed by atoms with Gasteiger partial charge in [0, 0.05) is 6.07 Å². The Morgan fingerprint density at radius 3 is 2.05 bits per heavy atom. The molecule has 1 nitrogen and oxygen atoms in total. The second kappa shape index (κ2) is 5.93. The molecule has 100 valence electrons. The minimum atomic E-state index is -1.01. The van der Waals surface area contributed by atoms with Crippen LogP contribution in [0, 0.1) is 11.6 Å². The highest BCUT2D eigenvalue weighted by molar-refractivity contribution is 5.32. The van der Waals surface area contributed by atoms with Crippen molar-refractivity contribution in [2.75, 3.05) is 0 Å². The van der Waals surface area contributed by atoms with E-state index >= 15 is 0 Å². The second-order valence-corrected chi connectivity index (χ2v) is 4.60. The van der Waals surface area contributed by atoms with Crippen LogP contribution >= 0.6 is 0 Å². The highest BCUT2D eigenvalue weighted by atomic mass is 19.1. The van der Waals surface area contributed by atoms with Crippen LogP contribution in [0.1, 0.15) is 36.1 Å². The number of aliphatic hydroxyl groups excluding tert-OH is 1. The first-order chi connectivity index (χ1) is 9.10. The molecule has 1 atom stereocenters. The van der Waals surface area contributed by atoms with Gasteiger partial charge in [-0.25, -0.2) is 8.78 Å². The van der Waals surface area contributed by atoms with Crippen molar-refractivity contribution in [1.29, 1.82) is 0 Å². The second-order valence-electron chi connectivity index (χ2n) is 4.60. The Labute approximate surface area is 111 Å². The predicted molar refractivity (Wildman–Crippen MR) is 70.9 cm³/mol. The lowest BCUT2D eigenvalue weighted by atomic mass is 9.99. The number of benzene rings is 2. The van der Waals surface area contributed by atoms with Gasteiger partial charge in [-0.2, -0.15) is 0 Å². The number of aliphatic hydroxyl groups is 1. The lowest BCUT2D eigenvalue weighted by Gasteiger charge is -2.12. The van der Waals surface area contributed by atoms with Crippen molar-refractivity contribution in [3.05, 3.63) is 70.8 Å². The van der Waals surface area contributed by atoms with E-state index in [1.165, 1.54) is 5.56 Å². The molecule has 0 saturated carbocycles. The van der Waals surface area contributed by atoms with Gasteiger partial charge in [-0.15, -0.1) is 0 Å². The summed E-state index contributed by atoms with van der Waals surface area (Å²) in [6, 6.07) is 10.5. The predicted octanol–water partition coefficient (Wildman–Crippen LogP) is 4.00. The monoisotopic (exact) mass is 262 g/mol. The van der Waals surface area contributed by atoms with E-state index < -0.39 is 17.7 Å². The molecule has 2 aromatic carbocycles. The van der Waals surface area contributed by atoms with E-state index in [4.69, 9.17) is 0 Å². The van der Waals surface area contributed by atoms with Crippen molar-refractivity contribution in [2.45, 2.75) is 25.9 Å². The summed E-state index contributed by atoms with van der Waals surface area (Å²) < 4.78 is 26.2. The number of hydrogen-bond donors (Lipinski definition) is 1. The third kappa shape index (κ3) is 3.38. The fourth-order valence-corrected chi connectivity index (χ4v) is 2.08. The maximum absolute atomic E-state index is 13.1. The Kier molecular flexibility index (Phi) is 4.27. The molecule has 0 heterocycles. The quantitative estimate of drug-likeness (QED) is 0.883. The summed E-state index contributed by atoms with van der Waals surface area (Å²) in [5.41, 5.74) is 2.04. The molecule has 0 aliphatic heterocycles. The summed E-state index contributed by atoms with van der Waals surface area (Å²) in [6.07, 6.45) is 1.02. The molecule has 1 N–H and O–H groups in total. The van der Waals surface area contributed by atoms with Crippen LogP contribution in [-0.4, -0.2) is 5.11 Å². The molecule has 0 bridgehead atoms. The largest absolute Gasteiger partial charge is 0.384 e. The number of aryl methyl sites for hydroxylation is 1. The van der Waals surface area contributed by atoms with E-state index in [0.29, 0.717) is 5.56 Å². The lowest BCUT2D eigenvalue weighted by Crippen LogP contribution is -2.01. The van der Waals surface area contributed by atoms with Gasteiger partial charge in [-0.1, -0.05) is 37.6 Å². The maximum atomic E-state index is 13.1. The summed E-state index contributed by atoms with van der Waals surface area (Å²) in [6.45, 7) is 2.10. The summed E-state index contributed by atoms with van der Waals surface area (Å²) in [5.74, 6) is -1.37. The molecule has 0 aromatic heterocycles. The first-order valence-corrected chi connectivity index (χ1v) is 6.33. The molecule has 3 heteroatoms. The van der Waals surface area contributed by atoms with Crippen LogP contribution in [0.4, 0.5) is 8.78 Å². The number of halogens is 2. The molecule has 0 fully saturated rings. The Morgan fingerprint density at radius 2 is 1.53 bits per heavy atom. The van der Waals surface area contributed by atoms with Gasteiger partial charge in [0.25, 0.3) is 0 Å². The first-order valence-electron chi connectivity index (χ1n) is 6.33. The number of hydrogen-bond acceptors (Lipinski definition) is 1. The minimum Gasteiger partial charge on any atom is -0.384 e. The Bertz CT molecular complexity index is 529. The fourth-order valence-electron chi connectivity index (χ4n) is 2.08. The van der Waals surface area contributed by atoms with E-state index in [1.54, 1.807) is 12.1 Å². The molecule has 0 saturated heterocycles. The standard InChI is InChI=1S/C16H16F2O/c1-2-3-11-4-6-12(7-5-11)16(19)13-8-14(17)10-15(18)9-13/h4-10,16,19H,2-3H2,1H3. The molecule has 0 amide bonds. The Balaban J connectivity index is 2.25. The van der Waals surface area contributed by atoms with Crippen LogP contribution in [0.25, 0.3) is 0 Å². The zero-order valence-electron chi connectivity index (χ0n) is 10.7. The summed E-state index contributed by atoms with van der Waals surface area (Å²) >= 11 is 0. The molecule has 0 aliphatic rings. The van der Waals surface area contributed by atoms with E-state index in [-0.39, 0.29) is 5.56 Å². The average Bonchev–Trinajstić information content (AvgIpc) is 2.38. The van der Waals surface area contributed by atoms with Gasteiger partial charge in [0.1, 0.15) is 17.7 Å². The highest BCUT2D eigenvalue weighted by Crippen LogP contribution is 2.24. The summed E-state index contributed by atoms with van der Waals surface area (Å²) in [4.78, 5) is 0. The van der Waals surface area contributed by atoms with Crippen molar-refractivity contribution in [1.82, 2.24) is 0 Å². The van der Waals surface area contributed by atoms with Crippen LogP contribution in [0.5, 0.6) is 0 Å². The molecule has 0 spiro atoms. The minimum absolute atomic E-state index is 0.223. The highest BCUT2D eigenvalue weighted by Gasteiger charge is 2.12. The van der Waals surface area contributed by atoms with Gasteiger partial charge in [-0.05, 0) is 35.2 Å². The number of rotatable bonds is 4. The SMILES string of the molecule is CCCc1ccc(C(O)c2cc(F)cc(F)c2)cc1. The van der Waals surface area contributed by atoms with Crippen molar-refractivity contribution >= 4 is 0 Å². The maximum Gasteiger partial charge on any atom is 0.126 e. The molecule has 0 radical (unpaired) electrons. The van der Waals surface area contributed by atoms with Gasteiger partial charge in [0.05, 0.1) is 0 Å². The molecular formula is C16H16F2O. The van der Waals surface area contributed by atoms with Crippen LogP contribution < -0.4 is 0 Å². The van der Waals surface area contributed by atoms with Crippen LogP contribution in [0.15, 0.2) is 42.5 Å². The van der Waals surface area contributed by atoms with Gasteiger partial charge >= 0.3 is 0 Å². The molecule has 1 unspecified atom stereocenters. The van der Waals surface area contributed by atoms with Gasteiger partial charge in [-0.3, -0.25) is 0 Å². The molecular weight excluding hydrogens is 246 g/mol. The fraction of sp³-hybridized carbons (Fsp3) is 0.250. The normalized spacial score (nSPS) is 12.4. The van der Waals surface area contributed by atoms with Gasteiger partial charge < -0.3 is 5.11 Å². The molecule has 0 aliphatic carbocycles. The van der Waals surface area contributed by atoms with Gasteiger partial charge in [0.15, 0.2) is 0 Å². The van der Waals surface area contributed by atoms with Crippen molar-refractivity contribution in [3.63, 3.8) is 0 Å². The zero-order valence-corrected chi connectivity index (χ0v) is 10.7. The third-order valence-electron chi connectivity index (χ3n) is 3.03. The van der Waals surface area contributed by atoms with E-state index in [9.17, 15) is 13.9 Å². The van der Waals surface area contributed by atoms with Crippen LogP contribution in [-0.2, 0) is 6.42 Å². The van der Waals surface area contributed by atoms with E-state index in [1.807, 2.05) is 12.1 Å². The van der Waals surface area contributed by atoms with Gasteiger partial charge in [0.2, 0.25) is 0 Å². The Morgan fingerprint density at radius 1 is 0.947 bits per heavy atom.